The Labute approximate surface area is 127 Å². The van der Waals surface area contributed by atoms with Crippen molar-refractivity contribution >= 4 is 32.6 Å². The summed E-state index contributed by atoms with van der Waals surface area (Å²) in [5.41, 5.74) is -0.946. The maximum absolute atomic E-state index is 12.8. The normalized spacial score (nSPS) is 12.3. The Bertz CT molecular complexity index is 1130. The van der Waals surface area contributed by atoms with Crippen LogP contribution in [0.2, 0.25) is 0 Å². The molecule has 2 heterocycles. The van der Waals surface area contributed by atoms with Gasteiger partial charge in [-0.15, -0.1) is 0 Å². The van der Waals surface area contributed by atoms with Gasteiger partial charge in [0.2, 0.25) is 0 Å². The molecule has 0 atom stereocenters. The molecule has 0 saturated carbocycles. The molecule has 0 fully saturated rings. The fraction of sp³-hybridized carbons (Fsp3) is 0.0588. The van der Waals surface area contributed by atoms with Crippen LogP contribution in [0, 0.1) is 0 Å². The minimum atomic E-state index is -4.45. The van der Waals surface area contributed by atoms with Crippen molar-refractivity contribution < 1.29 is 17.6 Å². The number of halogens is 3. The third-order valence-corrected chi connectivity index (χ3v) is 3.78. The lowest BCUT2D eigenvalue weighted by atomic mass is 10.1. The summed E-state index contributed by atoms with van der Waals surface area (Å²) >= 11 is 0. The molecule has 0 unspecified atom stereocenters. The van der Waals surface area contributed by atoms with Gasteiger partial charge in [-0.2, -0.15) is 13.2 Å². The van der Waals surface area contributed by atoms with E-state index in [0.29, 0.717) is 21.5 Å². The second-order valence-electron chi connectivity index (χ2n) is 5.17. The van der Waals surface area contributed by atoms with Gasteiger partial charge in [0.25, 0.3) is 0 Å². The predicted octanol–water partition coefficient (Wildman–Crippen LogP) is 4.51. The van der Waals surface area contributed by atoms with E-state index in [1.54, 1.807) is 24.3 Å². The lowest BCUT2D eigenvalue weighted by molar-refractivity contribution is -0.137. The number of hydrogen-bond donors (Lipinski definition) is 0. The molecule has 2 aromatic heterocycles. The van der Waals surface area contributed by atoms with Crippen molar-refractivity contribution in [2.75, 3.05) is 0 Å². The summed E-state index contributed by atoms with van der Waals surface area (Å²) in [5.74, 6) is 0. The molecule has 23 heavy (non-hydrogen) atoms. The van der Waals surface area contributed by atoms with E-state index in [9.17, 15) is 18.0 Å². The monoisotopic (exact) mass is 315 g/mol. The summed E-state index contributed by atoms with van der Waals surface area (Å²) in [6.45, 7) is 0. The van der Waals surface area contributed by atoms with Gasteiger partial charge in [0.15, 0.2) is 0 Å². The highest BCUT2D eigenvalue weighted by molar-refractivity contribution is 6.12. The van der Waals surface area contributed by atoms with Crippen LogP contribution in [0.15, 0.2) is 57.9 Å². The Hall–Kier alpha value is -2.89. The molecule has 6 heteroatoms. The fourth-order valence-corrected chi connectivity index (χ4v) is 2.69. The number of aromatic nitrogens is 1. The fourth-order valence-electron chi connectivity index (χ4n) is 2.69. The summed E-state index contributed by atoms with van der Waals surface area (Å²) in [6, 6.07) is 10.1. The molecular formula is C17H8F3NO2. The van der Waals surface area contributed by atoms with E-state index in [1.807, 2.05) is 0 Å². The molecule has 0 radical (unpaired) electrons. The van der Waals surface area contributed by atoms with E-state index >= 15 is 0 Å². The van der Waals surface area contributed by atoms with Crippen molar-refractivity contribution in [1.82, 2.24) is 4.98 Å². The van der Waals surface area contributed by atoms with Gasteiger partial charge < -0.3 is 4.42 Å². The van der Waals surface area contributed by atoms with Gasteiger partial charge in [0.05, 0.1) is 16.5 Å². The van der Waals surface area contributed by atoms with Gasteiger partial charge in [-0.25, -0.2) is 4.79 Å². The highest BCUT2D eigenvalue weighted by atomic mass is 19.4. The molecule has 0 aliphatic rings. The molecular weight excluding hydrogens is 307 g/mol. The van der Waals surface area contributed by atoms with Gasteiger partial charge in [0, 0.05) is 22.4 Å². The van der Waals surface area contributed by atoms with E-state index in [0.717, 1.165) is 12.1 Å². The molecule has 0 N–H and O–H groups in total. The van der Waals surface area contributed by atoms with Crippen LogP contribution in [0.5, 0.6) is 0 Å². The molecule has 2 aromatic carbocycles. The highest BCUT2D eigenvalue weighted by Gasteiger charge is 2.30. The second-order valence-corrected chi connectivity index (χ2v) is 5.17. The van der Waals surface area contributed by atoms with Crippen LogP contribution >= 0.6 is 0 Å². The SMILES string of the molecule is O=c1oc2c3ccc(C(F)(F)F)cc3ncc2c2ccccc12. The minimum absolute atomic E-state index is 0.130. The zero-order valence-electron chi connectivity index (χ0n) is 11.5. The average Bonchev–Trinajstić information content (AvgIpc) is 2.53. The summed E-state index contributed by atoms with van der Waals surface area (Å²) in [4.78, 5) is 16.2. The maximum atomic E-state index is 12.8. The van der Waals surface area contributed by atoms with Crippen LogP contribution < -0.4 is 5.63 Å². The first-order chi connectivity index (χ1) is 10.9. The van der Waals surface area contributed by atoms with E-state index < -0.39 is 17.4 Å². The Morgan fingerprint density at radius 1 is 0.913 bits per heavy atom. The number of fused-ring (bicyclic) bond motifs is 5. The summed E-state index contributed by atoms with van der Waals surface area (Å²) in [7, 11) is 0. The van der Waals surface area contributed by atoms with Gasteiger partial charge >= 0.3 is 11.8 Å². The number of pyridine rings is 1. The first-order valence-corrected chi connectivity index (χ1v) is 6.77. The van der Waals surface area contributed by atoms with Crippen molar-refractivity contribution in [3.63, 3.8) is 0 Å². The maximum Gasteiger partial charge on any atom is 0.416 e. The van der Waals surface area contributed by atoms with Gasteiger partial charge in [0.1, 0.15) is 5.58 Å². The molecule has 0 bridgehead atoms. The van der Waals surface area contributed by atoms with Crippen LogP contribution in [0.3, 0.4) is 0 Å². The number of nitrogens with zero attached hydrogens (tertiary/aromatic N) is 1. The number of rotatable bonds is 0. The number of hydrogen-bond acceptors (Lipinski definition) is 3. The first-order valence-electron chi connectivity index (χ1n) is 6.77. The molecule has 0 aliphatic heterocycles. The van der Waals surface area contributed by atoms with Crippen LogP contribution in [-0.2, 0) is 6.18 Å². The summed E-state index contributed by atoms with van der Waals surface area (Å²) in [5, 5.41) is 2.03. The third-order valence-electron chi connectivity index (χ3n) is 3.78. The molecule has 0 spiro atoms. The summed E-state index contributed by atoms with van der Waals surface area (Å²) in [6.07, 6.45) is -3.02. The van der Waals surface area contributed by atoms with E-state index in [2.05, 4.69) is 4.98 Å². The molecule has 114 valence electrons. The van der Waals surface area contributed by atoms with Crippen LogP contribution in [0.1, 0.15) is 5.56 Å². The zero-order valence-corrected chi connectivity index (χ0v) is 11.5. The second kappa shape index (κ2) is 4.55. The first kappa shape index (κ1) is 13.8. The van der Waals surface area contributed by atoms with Crippen LogP contribution in [0.25, 0.3) is 32.6 Å². The number of alkyl halides is 3. The molecule has 3 nitrogen and oxygen atoms in total. The lowest BCUT2D eigenvalue weighted by Gasteiger charge is -2.09. The quantitative estimate of drug-likeness (QED) is 0.448. The predicted molar refractivity (Wildman–Crippen MR) is 80.3 cm³/mol. The molecule has 4 rings (SSSR count). The topological polar surface area (TPSA) is 43.1 Å². The Morgan fingerprint density at radius 2 is 1.65 bits per heavy atom. The van der Waals surface area contributed by atoms with Gasteiger partial charge in [-0.1, -0.05) is 18.2 Å². The van der Waals surface area contributed by atoms with Crippen LogP contribution in [-0.4, -0.2) is 4.98 Å². The van der Waals surface area contributed by atoms with Gasteiger partial charge in [-0.05, 0) is 24.3 Å². The van der Waals surface area contributed by atoms with Crippen molar-refractivity contribution in [2.24, 2.45) is 0 Å². The third kappa shape index (κ3) is 2.06. The number of benzene rings is 2. The summed E-state index contributed by atoms with van der Waals surface area (Å²) < 4.78 is 43.7. The van der Waals surface area contributed by atoms with Crippen LogP contribution in [0.4, 0.5) is 13.2 Å². The van der Waals surface area contributed by atoms with Crippen molar-refractivity contribution in [2.45, 2.75) is 6.18 Å². The Morgan fingerprint density at radius 3 is 2.39 bits per heavy atom. The van der Waals surface area contributed by atoms with E-state index in [1.165, 1.54) is 12.3 Å². The van der Waals surface area contributed by atoms with Gasteiger partial charge in [-0.3, -0.25) is 4.98 Å². The Kier molecular flexibility index (Phi) is 2.72. The standard InChI is InChI=1S/C17H8F3NO2/c18-17(19,20)9-5-6-12-14(7-9)21-8-13-10-3-1-2-4-11(10)16(22)23-15(12)13/h1-8H. The average molecular weight is 315 g/mol. The van der Waals surface area contributed by atoms with Crippen molar-refractivity contribution in [3.05, 3.63) is 64.6 Å². The van der Waals surface area contributed by atoms with E-state index in [4.69, 9.17) is 4.42 Å². The molecule has 4 aromatic rings. The molecule has 0 saturated heterocycles. The van der Waals surface area contributed by atoms with Crippen molar-refractivity contribution in [3.8, 4) is 0 Å². The molecule has 0 aliphatic carbocycles. The highest BCUT2D eigenvalue weighted by Crippen LogP contribution is 2.33. The largest absolute Gasteiger partial charge is 0.421 e. The smallest absolute Gasteiger partial charge is 0.416 e. The lowest BCUT2D eigenvalue weighted by Crippen LogP contribution is -2.05. The minimum Gasteiger partial charge on any atom is -0.421 e. The Balaban J connectivity index is 2.15. The van der Waals surface area contributed by atoms with E-state index in [-0.39, 0.29) is 11.1 Å². The zero-order chi connectivity index (χ0) is 16.2. The van der Waals surface area contributed by atoms with Crippen molar-refractivity contribution in [1.29, 1.82) is 0 Å². The molecule has 0 amide bonds.